The summed E-state index contributed by atoms with van der Waals surface area (Å²) in [6.07, 6.45) is 0.369. The molecule has 1 aromatic heterocycles. The quantitative estimate of drug-likeness (QED) is 0.693. The molecular formula is C22H23ClN2O2. The monoisotopic (exact) mass is 382 g/mol. The average Bonchev–Trinajstić information content (AvgIpc) is 2.63. The number of hydrogen-bond donors (Lipinski definition) is 1. The number of hydrogen-bond acceptors (Lipinski definition) is 2. The Bertz CT molecular complexity index is 1060. The number of nitrogens with one attached hydrogen (secondary N) is 1. The molecule has 0 aliphatic rings. The number of aromatic nitrogens is 1. The summed E-state index contributed by atoms with van der Waals surface area (Å²) in [5.74, 6) is -0.0185. The van der Waals surface area contributed by atoms with Gasteiger partial charge in [0.2, 0.25) is 5.91 Å². The molecule has 4 nitrogen and oxygen atoms in total. The highest BCUT2D eigenvalue weighted by Gasteiger charge is 2.17. The summed E-state index contributed by atoms with van der Waals surface area (Å²) in [7, 11) is 0. The van der Waals surface area contributed by atoms with Gasteiger partial charge in [-0.1, -0.05) is 42.8 Å². The van der Waals surface area contributed by atoms with Crippen LogP contribution >= 0.6 is 11.6 Å². The molecule has 2 aromatic carbocycles. The first-order valence-electron chi connectivity index (χ1n) is 9.03. The van der Waals surface area contributed by atoms with Gasteiger partial charge >= 0.3 is 0 Å². The molecule has 0 radical (unpaired) electrons. The van der Waals surface area contributed by atoms with E-state index in [4.69, 9.17) is 11.6 Å². The van der Waals surface area contributed by atoms with Crippen molar-refractivity contribution in [3.8, 4) is 0 Å². The van der Waals surface area contributed by atoms with Gasteiger partial charge in [0.25, 0.3) is 5.56 Å². The minimum absolute atomic E-state index is 0.0185. The van der Waals surface area contributed by atoms with E-state index >= 15 is 0 Å². The largest absolute Gasteiger partial charge is 0.334 e. The van der Waals surface area contributed by atoms with Crippen molar-refractivity contribution in [3.05, 3.63) is 80.1 Å². The van der Waals surface area contributed by atoms with Crippen molar-refractivity contribution in [2.45, 2.75) is 40.3 Å². The molecule has 5 heteroatoms. The predicted octanol–water partition coefficient (Wildman–Crippen LogP) is 4.74. The maximum absolute atomic E-state index is 12.6. The summed E-state index contributed by atoms with van der Waals surface area (Å²) >= 11 is 6.26. The SMILES string of the molecule is CCC(=O)N(Cc1ccccc1Cl)Cc1cc2c(C)cc(C)cc2[nH]c1=O. The van der Waals surface area contributed by atoms with Gasteiger partial charge in [-0.15, -0.1) is 0 Å². The van der Waals surface area contributed by atoms with E-state index in [0.717, 1.165) is 27.6 Å². The van der Waals surface area contributed by atoms with Crippen LogP contribution in [0.5, 0.6) is 0 Å². The lowest BCUT2D eigenvalue weighted by Crippen LogP contribution is -2.32. The topological polar surface area (TPSA) is 53.2 Å². The van der Waals surface area contributed by atoms with Crippen molar-refractivity contribution in [3.63, 3.8) is 0 Å². The lowest BCUT2D eigenvalue weighted by molar-refractivity contribution is -0.132. The van der Waals surface area contributed by atoms with E-state index in [1.54, 1.807) is 11.0 Å². The summed E-state index contributed by atoms with van der Waals surface area (Å²) in [6, 6.07) is 13.4. The number of carbonyl (C=O) groups is 1. The van der Waals surface area contributed by atoms with Crippen LogP contribution in [0, 0.1) is 13.8 Å². The maximum atomic E-state index is 12.6. The van der Waals surface area contributed by atoms with E-state index in [9.17, 15) is 9.59 Å². The molecule has 0 aliphatic heterocycles. The molecule has 1 N–H and O–H groups in total. The smallest absolute Gasteiger partial charge is 0.253 e. The van der Waals surface area contributed by atoms with Gasteiger partial charge in [0.1, 0.15) is 0 Å². The summed E-state index contributed by atoms with van der Waals surface area (Å²) < 4.78 is 0. The normalized spacial score (nSPS) is 11.0. The predicted molar refractivity (Wildman–Crippen MR) is 110 cm³/mol. The molecule has 3 aromatic rings. The fourth-order valence-electron chi connectivity index (χ4n) is 3.33. The Morgan fingerprint density at radius 2 is 1.78 bits per heavy atom. The standard InChI is InChI=1S/C22H23ClN2O2/c1-4-21(26)25(12-16-7-5-6-8-19(16)23)13-17-11-18-15(3)9-14(2)10-20(18)24-22(17)27/h5-11H,4,12-13H2,1-3H3,(H,24,27). The van der Waals surface area contributed by atoms with Gasteiger partial charge in [-0.05, 0) is 48.7 Å². The van der Waals surface area contributed by atoms with Crippen LogP contribution in [0.2, 0.25) is 5.02 Å². The lowest BCUT2D eigenvalue weighted by Gasteiger charge is -2.23. The van der Waals surface area contributed by atoms with E-state index in [1.165, 1.54) is 0 Å². The molecule has 1 amide bonds. The molecule has 0 saturated heterocycles. The van der Waals surface area contributed by atoms with Crippen LogP contribution in [0.1, 0.15) is 35.6 Å². The Labute approximate surface area is 163 Å². The van der Waals surface area contributed by atoms with E-state index in [0.29, 0.717) is 23.6 Å². The molecule has 1 heterocycles. The average molecular weight is 383 g/mol. The number of fused-ring (bicyclic) bond motifs is 1. The fourth-order valence-corrected chi connectivity index (χ4v) is 3.52. The molecule has 0 aliphatic carbocycles. The molecule has 0 unspecified atom stereocenters. The number of H-pyrrole nitrogens is 1. The maximum Gasteiger partial charge on any atom is 0.253 e. The Hall–Kier alpha value is -2.59. The minimum atomic E-state index is -0.166. The van der Waals surface area contributed by atoms with Gasteiger partial charge in [0.15, 0.2) is 0 Å². The first-order chi connectivity index (χ1) is 12.9. The second kappa shape index (κ2) is 7.97. The number of aromatic amines is 1. The van der Waals surface area contributed by atoms with E-state index < -0.39 is 0 Å². The van der Waals surface area contributed by atoms with Crippen molar-refractivity contribution in [2.75, 3.05) is 0 Å². The highest BCUT2D eigenvalue weighted by atomic mass is 35.5. The van der Waals surface area contributed by atoms with Crippen molar-refractivity contribution >= 4 is 28.4 Å². The van der Waals surface area contributed by atoms with Gasteiger partial charge in [-0.2, -0.15) is 0 Å². The van der Waals surface area contributed by atoms with Crippen LogP contribution in [0.25, 0.3) is 10.9 Å². The zero-order valence-corrected chi connectivity index (χ0v) is 16.6. The number of carbonyl (C=O) groups excluding carboxylic acids is 1. The molecular weight excluding hydrogens is 360 g/mol. The number of halogens is 1. The second-order valence-electron chi connectivity index (χ2n) is 6.86. The summed E-state index contributed by atoms with van der Waals surface area (Å²) in [4.78, 5) is 29.7. The van der Waals surface area contributed by atoms with Gasteiger partial charge < -0.3 is 9.88 Å². The number of pyridine rings is 1. The summed E-state index contributed by atoms with van der Waals surface area (Å²) in [5, 5.41) is 1.61. The van der Waals surface area contributed by atoms with Gasteiger partial charge in [-0.3, -0.25) is 9.59 Å². The van der Waals surface area contributed by atoms with Crippen molar-refractivity contribution in [2.24, 2.45) is 0 Å². The Balaban J connectivity index is 1.98. The molecule has 27 heavy (non-hydrogen) atoms. The van der Waals surface area contributed by atoms with Crippen LogP contribution < -0.4 is 5.56 Å². The molecule has 0 atom stereocenters. The van der Waals surface area contributed by atoms with Crippen molar-refractivity contribution in [1.29, 1.82) is 0 Å². The van der Waals surface area contributed by atoms with Crippen LogP contribution in [0.3, 0.4) is 0 Å². The Kier molecular flexibility index (Phi) is 5.66. The van der Waals surface area contributed by atoms with Crippen LogP contribution in [-0.4, -0.2) is 15.8 Å². The van der Waals surface area contributed by atoms with E-state index in [2.05, 4.69) is 11.1 Å². The highest BCUT2D eigenvalue weighted by Crippen LogP contribution is 2.21. The first kappa shape index (κ1) is 19.2. The number of amides is 1. The third-order valence-corrected chi connectivity index (χ3v) is 5.09. The first-order valence-corrected chi connectivity index (χ1v) is 9.41. The van der Waals surface area contributed by atoms with Gasteiger partial charge in [0.05, 0.1) is 6.54 Å². The van der Waals surface area contributed by atoms with Gasteiger partial charge in [0, 0.05) is 34.5 Å². The third kappa shape index (κ3) is 4.22. The van der Waals surface area contributed by atoms with Gasteiger partial charge in [-0.25, -0.2) is 0 Å². The molecule has 140 valence electrons. The van der Waals surface area contributed by atoms with Crippen molar-refractivity contribution < 1.29 is 4.79 Å². The number of benzene rings is 2. The minimum Gasteiger partial charge on any atom is -0.334 e. The zero-order valence-electron chi connectivity index (χ0n) is 15.8. The summed E-state index contributed by atoms with van der Waals surface area (Å²) in [5.41, 5.74) is 4.29. The molecule has 0 spiro atoms. The van der Waals surface area contributed by atoms with Crippen LogP contribution in [-0.2, 0) is 17.9 Å². The molecule has 0 bridgehead atoms. The number of nitrogens with zero attached hydrogens (tertiary/aromatic N) is 1. The number of aryl methyl sites for hydroxylation is 2. The molecule has 0 saturated carbocycles. The Morgan fingerprint density at radius 1 is 1.07 bits per heavy atom. The Morgan fingerprint density at radius 3 is 2.48 bits per heavy atom. The molecule has 3 rings (SSSR count). The third-order valence-electron chi connectivity index (χ3n) is 4.73. The lowest BCUT2D eigenvalue weighted by atomic mass is 10.0. The van der Waals surface area contributed by atoms with Crippen LogP contribution in [0.4, 0.5) is 0 Å². The van der Waals surface area contributed by atoms with E-state index in [-0.39, 0.29) is 18.0 Å². The fraction of sp³-hybridized carbons (Fsp3) is 0.273. The molecule has 0 fully saturated rings. The zero-order chi connectivity index (χ0) is 19.6. The second-order valence-corrected chi connectivity index (χ2v) is 7.27. The number of rotatable bonds is 5. The van der Waals surface area contributed by atoms with Crippen LogP contribution in [0.15, 0.2) is 47.3 Å². The van der Waals surface area contributed by atoms with Crippen molar-refractivity contribution in [1.82, 2.24) is 9.88 Å². The van der Waals surface area contributed by atoms with E-state index in [1.807, 2.05) is 51.1 Å². The highest BCUT2D eigenvalue weighted by molar-refractivity contribution is 6.31. The summed E-state index contributed by atoms with van der Waals surface area (Å²) in [6.45, 7) is 6.47.